The fraction of sp³-hybridized carbons (Fsp3) is 0.429. The third-order valence-corrected chi connectivity index (χ3v) is 3.52. The number of methoxy groups -OCH3 is 1. The second kappa shape index (κ2) is 6.53. The van der Waals surface area contributed by atoms with Crippen molar-refractivity contribution < 1.29 is 18.7 Å². The van der Waals surface area contributed by atoms with E-state index in [2.05, 4.69) is 4.74 Å². The molecule has 6 nitrogen and oxygen atoms in total. The first kappa shape index (κ1) is 15.2. The number of amides is 1. The summed E-state index contributed by atoms with van der Waals surface area (Å²) in [6.07, 6.45) is 0. The molecule has 1 amide bonds. The van der Waals surface area contributed by atoms with Crippen LogP contribution in [0.1, 0.15) is 10.4 Å². The molecule has 114 valence electrons. The van der Waals surface area contributed by atoms with Crippen LogP contribution in [0, 0.1) is 5.82 Å². The molecule has 0 bridgehead atoms. The summed E-state index contributed by atoms with van der Waals surface area (Å²) in [6, 6.07) is 4.20. The average molecular weight is 295 g/mol. The predicted molar refractivity (Wildman–Crippen MR) is 75.2 cm³/mol. The number of hydrogen-bond donors (Lipinski definition) is 1. The van der Waals surface area contributed by atoms with E-state index in [0.29, 0.717) is 26.2 Å². The van der Waals surface area contributed by atoms with E-state index in [-0.39, 0.29) is 29.7 Å². The molecule has 1 heterocycles. The molecule has 1 aliphatic rings. The lowest BCUT2D eigenvalue weighted by molar-refractivity contribution is -0.142. The number of piperazine rings is 1. The van der Waals surface area contributed by atoms with Gasteiger partial charge in [-0.1, -0.05) is 6.07 Å². The van der Waals surface area contributed by atoms with Crippen molar-refractivity contribution in [2.24, 2.45) is 0 Å². The molecule has 7 heteroatoms. The van der Waals surface area contributed by atoms with E-state index in [9.17, 15) is 14.0 Å². The fourth-order valence-corrected chi connectivity index (χ4v) is 2.25. The van der Waals surface area contributed by atoms with Gasteiger partial charge in [0.1, 0.15) is 5.82 Å². The standard InChI is InChI=1S/C14H18FN3O3/c1-21-12(19)9-17-5-7-18(8-6-17)14(20)10-3-2-4-11(15)13(10)16/h2-4H,5-9,16H2,1H3. The zero-order chi connectivity index (χ0) is 15.4. The van der Waals surface area contributed by atoms with Crippen molar-refractivity contribution in [2.75, 3.05) is 45.6 Å². The van der Waals surface area contributed by atoms with Crippen LogP contribution in [0.3, 0.4) is 0 Å². The normalized spacial score (nSPS) is 15.8. The lowest BCUT2D eigenvalue weighted by atomic mass is 10.1. The van der Waals surface area contributed by atoms with Gasteiger partial charge in [0.25, 0.3) is 5.91 Å². The average Bonchev–Trinajstić information content (AvgIpc) is 2.50. The van der Waals surface area contributed by atoms with Gasteiger partial charge in [0.15, 0.2) is 0 Å². The summed E-state index contributed by atoms with van der Waals surface area (Å²) in [7, 11) is 1.34. The van der Waals surface area contributed by atoms with Gasteiger partial charge < -0.3 is 15.4 Å². The zero-order valence-electron chi connectivity index (χ0n) is 11.8. The van der Waals surface area contributed by atoms with Gasteiger partial charge >= 0.3 is 5.97 Å². The first-order chi connectivity index (χ1) is 10.0. The van der Waals surface area contributed by atoms with Crippen molar-refractivity contribution in [3.63, 3.8) is 0 Å². The predicted octanol–water partition coefficient (Wildman–Crippen LogP) is 0.339. The quantitative estimate of drug-likeness (QED) is 0.643. The topological polar surface area (TPSA) is 75.9 Å². The number of hydrogen-bond acceptors (Lipinski definition) is 5. The lowest BCUT2D eigenvalue weighted by Crippen LogP contribution is -2.50. The molecule has 2 N–H and O–H groups in total. The molecule has 0 radical (unpaired) electrons. The molecule has 0 spiro atoms. The van der Waals surface area contributed by atoms with Gasteiger partial charge in [0.2, 0.25) is 0 Å². The molecular weight excluding hydrogens is 277 g/mol. The molecule has 1 aromatic carbocycles. The molecular formula is C14H18FN3O3. The first-order valence-electron chi connectivity index (χ1n) is 6.65. The van der Waals surface area contributed by atoms with Crippen LogP contribution < -0.4 is 5.73 Å². The van der Waals surface area contributed by atoms with E-state index in [4.69, 9.17) is 5.73 Å². The third kappa shape index (κ3) is 3.49. The maximum absolute atomic E-state index is 13.4. The second-order valence-electron chi connectivity index (χ2n) is 4.85. The maximum atomic E-state index is 13.4. The molecule has 1 fully saturated rings. The maximum Gasteiger partial charge on any atom is 0.319 e. The number of nitrogens with two attached hydrogens (primary N) is 1. The Morgan fingerprint density at radius 1 is 1.29 bits per heavy atom. The molecule has 1 saturated heterocycles. The summed E-state index contributed by atoms with van der Waals surface area (Å²) in [6.45, 7) is 2.27. The molecule has 1 aliphatic heterocycles. The van der Waals surface area contributed by atoms with Crippen molar-refractivity contribution in [1.82, 2.24) is 9.80 Å². The van der Waals surface area contributed by atoms with Crippen LogP contribution in [0.15, 0.2) is 18.2 Å². The van der Waals surface area contributed by atoms with Crippen LogP contribution in [-0.2, 0) is 9.53 Å². The minimum Gasteiger partial charge on any atom is -0.468 e. The SMILES string of the molecule is COC(=O)CN1CCN(C(=O)c2cccc(F)c2N)CC1. The van der Waals surface area contributed by atoms with Crippen LogP contribution in [0.25, 0.3) is 0 Å². The highest BCUT2D eigenvalue weighted by atomic mass is 19.1. The number of rotatable bonds is 3. The zero-order valence-corrected chi connectivity index (χ0v) is 11.8. The minimum atomic E-state index is -0.592. The number of anilines is 1. The Morgan fingerprint density at radius 2 is 1.95 bits per heavy atom. The van der Waals surface area contributed by atoms with Gasteiger partial charge in [0, 0.05) is 26.2 Å². The Labute approximate surface area is 122 Å². The second-order valence-corrected chi connectivity index (χ2v) is 4.85. The molecule has 0 aliphatic carbocycles. The van der Waals surface area contributed by atoms with Crippen molar-refractivity contribution in [3.8, 4) is 0 Å². The first-order valence-corrected chi connectivity index (χ1v) is 6.65. The Hall–Kier alpha value is -2.15. The van der Waals surface area contributed by atoms with E-state index in [0.717, 1.165) is 0 Å². The van der Waals surface area contributed by atoms with Crippen LogP contribution in [0.2, 0.25) is 0 Å². The molecule has 0 unspecified atom stereocenters. The molecule has 0 aromatic heterocycles. The Kier molecular flexibility index (Phi) is 4.74. The number of halogens is 1. The van der Waals surface area contributed by atoms with Gasteiger partial charge in [-0.2, -0.15) is 0 Å². The van der Waals surface area contributed by atoms with E-state index >= 15 is 0 Å². The summed E-state index contributed by atoms with van der Waals surface area (Å²) in [5, 5.41) is 0. The number of ether oxygens (including phenoxy) is 1. The van der Waals surface area contributed by atoms with Gasteiger partial charge in [-0.05, 0) is 12.1 Å². The highest BCUT2D eigenvalue weighted by Gasteiger charge is 2.25. The van der Waals surface area contributed by atoms with Crippen LogP contribution in [0.5, 0.6) is 0 Å². The van der Waals surface area contributed by atoms with Gasteiger partial charge in [-0.3, -0.25) is 14.5 Å². The number of benzene rings is 1. The van der Waals surface area contributed by atoms with E-state index in [1.54, 1.807) is 4.90 Å². The van der Waals surface area contributed by atoms with Gasteiger partial charge in [0.05, 0.1) is 24.9 Å². The van der Waals surface area contributed by atoms with E-state index in [1.807, 2.05) is 4.90 Å². The molecule has 2 rings (SSSR count). The highest BCUT2D eigenvalue weighted by molar-refractivity contribution is 5.99. The Morgan fingerprint density at radius 3 is 2.57 bits per heavy atom. The summed E-state index contributed by atoms with van der Waals surface area (Å²) in [5.41, 5.74) is 5.66. The number of nitrogens with zero attached hydrogens (tertiary/aromatic N) is 2. The molecule has 21 heavy (non-hydrogen) atoms. The van der Waals surface area contributed by atoms with Gasteiger partial charge in [-0.15, -0.1) is 0 Å². The van der Waals surface area contributed by atoms with Crippen molar-refractivity contribution >= 4 is 17.6 Å². The fourth-order valence-electron chi connectivity index (χ4n) is 2.25. The lowest BCUT2D eigenvalue weighted by Gasteiger charge is -2.34. The summed E-state index contributed by atoms with van der Waals surface area (Å²) in [5.74, 6) is -1.18. The number of carbonyl (C=O) groups excluding carboxylic acids is 2. The van der Waals surface area contributed by atoms with E-state index < -0.39 is 5.82 Å². The van der Waals surface area contributed by atoms with Crippen molar-refractivity contribution in [1.29, 1.82) is 0 Å². The third-order valence-electron chi connectivity index (χ3n) is 3.52. The highest BCUT2D eigenvalue weighted by Crippen LogP contribution is 2.18. The summed E-state index contributed by atoms with van der Waals surface area (Å²) >= 11 is 0. The number of para-hydroxylation sites is 1. The van der Waals surface area contributed by atoms with Crippen LogP contribution in [0.4, 0.5) is 10.1 Å². The Balaban J connectivity index is 1.97. The monoisotopic (exact) mass is 295 g/mol. The van der Waals surface area contributed by atoms with Gasteiger partial charge in [-0.25, -0.2) is 4.39 Å². The molecule has 1 aromatic rings. The number of carbonyl (C=O) groups is 2. The van der Waals surface area contributed by atoms with Crippen LogP contribution in [-0.4, -0.2) is 61.5 Å². The summed E-state index contributed by atoms with van der Waals surface area (Å²) < 4.78 is 18.0. The number of esters is 1. The van der Waals surface area contributed by atoms with Crippen molar-refractivity contribution in [3.05, 3.63) is 29.6 Å². The minimum absolute atomic E-state index is 0.125. The van der Waals surface area contributed by atoms with Crippen molar-refractivity contribution in [2.45, 2.75) is 0 Å². The van der Waals surface area contributed by atoms with E-state index in [1.165, 1.54) is 25.3 Å². The van der Waals surface area contributed by atoms with Crippen LogP contribution >= 0.6 is 0 Å². The Bertz CT molecular complexity index is 542. The number of nitrogen functional groups attached to an aromatic ring is 1. The smallest absolute Gasteiger partial charge is 0.319 e. The summed E-state index contributed by atoms with van der Waals surface area (Å²) in [4.78, 5) is 27.0. The molecule has 0 saturated carbocycles. The molecule has 0 atom stereocenters. The largest absolute Gasteiger partial charge is 0.468 e.